The standard InChI is InChI=1S/C21H18N2O2/c22-20-19(15-9-5-2-6-10-15)17(14-7-3-1-4-8-14)13-16-11-12-18(21(24)25)23(16)20/h1-10,13,18,22H,11-12H2,(H,24,25)/t18-/m0/s1. The highest BCUT2D eigenvalue weighted by molar-refractivity contribution is 5.83. The van der Waals surface area contributed by atoms with E-state index >= 15 is 0 Å². The molecule has 2 N–H and O–H groups in total. The van der Waals surface area contributed by atoms with Crippen LogP contribution in [0.15, 0.2) is 66.7 Å². The molecule has 3 aromatic rings. The van der Waals surface area contributed by atoms with E-state index in [-0.39, 0.29) is 5.49 Å². The van der Waals surface area contributed by atoms with Crippen LogP contribution in [0.2, 0.25) is 0 Å². The lowest BCUT2D eigenvalue weighted by Gasteiger charge is -2.18. The highest BCUT2D eigenvalue weighted by Crippen LogP contribution is 2.34. The lowest BCUT2D eigenvalue weighted by Crippen LogP contribution is -2.29. The van der Waals surface area contributed by atoms with Crippen molar-refractivity contribution in [2.24, 2.45) is 0 Å². The molecule has 2 aromatic carbocycles. The minimum absolute atomic E-state index is 0.271. The lowest BCUT2D eigenvalue weighted by molar-refractivity contribution is -0.140. The van der Waals surface area contributed by atoms with Crippen LogP contribution in [0.4, 0.5) is 0 Å². The molecule has 4 nitrogen and oxygen atoms in total. The minimum atomic E-state index is -0.872. The van der Waals surface area contributed by atoms with Crippen LogP contribution in [0.3, 0.4) is 0 Å². The first kappa shape index (κ1) is 15.4. The van der Waals surface area contributed by atoms with E-state index in [0.29, 0.717) is 12.8 Å². The zero-order valence-corrected chi connectivity index (χ0v) is 13.6. The van der Waals surface area contributed by atoms with Gasteiger partial charge in [0.25, 0.3) is 0 Å². The molecule has 0 amide bonds. The number of hydrogen-bond acceptors (Lipinski definition) is 2. The van der Waals surface area contributed by atoms with Crippen LogP contribution >= 0.6 is 0 Å². The number of hydrogen-bond donors (Lipinski definition) is 2. The summed E-state index contributed by atoms with van der Waals surface area (Å²) in [6.07, 6.45) is 1.21. The summed E-state index contributed by atoms with van der Waals surface area (Å²) in [7, 11) is 0. The van der Waals surface area contributed by atoms with E-state index in [0.717, 1.165) is 27.9 Å². The molecule has 0 unspecified atom stereocenters. The number of carbonyl (C=O) groups is 1. The van der Waals surface area contributed by atoms with Gasteiger partial charge < -0.3 is 9.67 Å². The van der Waals surface area contributed by atoms with E-state index in [1.807, 2.05) is 60.7 Å². The fourth-order valence-corrected chi connectivity index (χ4v) is 3.64. The minimum Gasteiger partial charge on any atom is -0.480 e. The molecule has 124 valence electrons. The largest absolute Gasteiger partial charge is 0.480 e. The van der Waals surface area contributed by atoms with Crippen LogP contribution in [-0.2, 0) is 11.2 Å². The van der Waals surface area contributed by atoms with Crippen molar-refractivity contribution < 1.29 is 9.90 Å². The summed E-state index contributed by atoms with van der Waals surface area (Å²) in [5.41, 5.74) is 4.91. The molecule has 0 bridgehead atoms. The first-order valence-corrected chi connectivity index (χ1v) is 8.33. The second-order valence-electron chi connectivity index (χ2n) is 6.27. The molecule has 0 radical (unpaired) electrons. The van der Waals surface area contributed by atoms with Gasteiger partial charge in [0.05, 0.1) is 0 Å². The maximum Gasteiger partial charge on any atom is 0.326 e. The predicted octanol–water partition coefficient (Wildman–Crippen LogP) is 3.87. The van der Waals surface area contributed by atoms with Gasteiger partial charge in [0.15, 0.2) is 0 Å². The molecule has 1 atom stereocenters. The van der Waals surface area contributed by atoms with Gasteiger partial charge in [0.1, 0.15) is 11.5 Å². The summed E-state index contributed by atoms with van der Waals surface area (Å²) in [4.78, 5) is 11.6. The first-order chi connectivity index (χ1) is 12.2. The van der Waals surface area contributed by atoms with Gasteiger partial charge >= 0.3 is 5.97 Å². The van der Waals surface area contributed by atoms with Crippen molar-refractivity contribution in [3.8, 4) is 22.3 Å². The predicted molar refractivity (Wildman–Crippen MR) is 96.2 cm³/mol. The zero-order chi connectivity index (χ0) is 17.4. The van der Waals surface area contributed by atoms with Crippen LogP contribution in [-0.4, -0.2) is 15.6 Å². The van der Waals surface area contributed by atoms with Crippen molar-refractivity contribution in [2.75, 3.05) is 0 Å². The third-order valence-electron chi connectivity index (χ3n) is 4.79. The van der Waals surface area contributed by atoms with E-state index in [9.17, 15) is 9.90 Å². The summed E-state index contributed by atoms with van der Waals surface area (Å²) < 4.78 is 1.68. The van der Waals surface area contributed by atoms with E-state index in [1.165, 1.54) is 0 Å². The smallest absolute Gasteiger partial charge is 0.326 e. The number of aromatic nitrogens is 1. The Labute approximate surface area is 145 Å². The van der Waals surface area contributed by atoms with Gasteiger partial charge in [-0.3, -0.25) is 5.41 Å². The Morgan fingerprint density at radius 1 is 1.00 bits per heavy atom. The molecule has 0 fully saturated rings. The molecule has 0 saturated carbocycles. The highest BCUT2D eigenvalue weighted by Gasteiger charge is 2.30. The SMILES string of the molecule is N=c1c(-c2ccccc2)c(-c2ccccc2)cc2n1[C@H](C(=O)O)CC2. The first-order valence-electron chi connectivity index (χ1n) is 8.33. The van der Waals surface area contributed by atoms with E-state index in [2.05, 4.69) is 6.07 Å². The molecule has 0 saturated heterocycles. The number of pyridine rings is 1. The molecule has 0 spiro atoms. The number of aryl methyl sites for hydroxylation is 1. The molecule has 1 aliphatic heterocycles. The number of fused-ring (bicyclic) bond motifs is 1. The number of rotatable bonds is 3. The van der Waals surface area contributed by atoms with Gasteiger partial charge in [-0.05, 0) is 35.6 Å². The summed E-state index contributed by atoms with van der Waals surface area (Å²) in [5, 5.41) is 18.3. The number of carboxylic acid groups (broad SMARTS) is 1. The highest BCUT2D eigenvalue weighted by atomic mass is 16.4. The van der Waals surface area contributed by atoms with Gasteiger partial charge in [-0.25, -0.2) is 4.79 Å². The van der Waals surface area contributed by atoms with Gasteiger partial charge in [0, 0.05) is 11.3 Å². The van der Waals surface area contributed by atoms with Crippen molar-refractivity contribution in [2.45, 2.75) is 18.9 Å². The Balaban J connectivity index is 2.05. The Bertz CT molecular complexity index is 992. The van der Waals surface area contributed by atoms with Gasteiger partial charge in [-0.15, -0.1) is 0 Å². The second-order valence-corrected chi connectivity index (χ2v) is 6.27. The molecular weight excluding hydrogens is 312 g/mol. The van der Waals surface area contributed by atoms with Crippen LogP contribution < -0.4 is 5.49 Å². The van der Waals surface area contributed by atoms with Gasteiger partial charge in [-0.2, -0.15) is 0 Å². The zero-order valence-electron chi connectivity index (χ0n) is 13.6. The van der Waals surface area contributed by atoms with Crippen LogP contribution in [0, 0.1) is 5.41 Å². The van der Waals surface area contributed by atoms with Crippen molar-refractivity contribution in [3.63, 3.8) is 0 Å². The number of nitrogens with one attached hydrogen (secondary N) is 1. The Morgan fingerprint density at radius 3 is 2.20 bits per heavy atom. The van der Waals surface area contributed by atoms with E-state index in [4.69, 9.17) is 5.41 Å². The third kappa shape index (κ3) is 2.56. The third-order valence-corrected chi connectivity index (χ3v) is 4.79. The average Bonchev–Trinajstić information content (AvgIpc) is 3.08. The molecule has 2 heterocycles. The van der Waals surface area contributed by atoms with Crippen molar-refractivity contribution >= 4 is 5.97 Å². The maximum atomic E-state index is 11.6. The number of nitrogens with zero attached hydrogens (tertiary/aromatic N) is 1. The number of benzene rings is 2. The van der Waals surface area contributed by atoms with E-state index in [1.54, 1.807) is 4.57 Å². The average molecular weight is 330 g/mol. The Kier molecular flexibility index (Phi) is 3.73. The van der Waals surface area contributed by atoms with Crippen LogP contribution in [0.5, 0.6) is 0 Å². The van der Waals surface area contributed by atoms with Gasteiger partial charge in [-0.1, -0.05) is 60.7 Å². The van der Waals surface area contributed by atoms with Gasteiger partial charge in [0.2, 0.25) is 0 Å². The quantitative estimate of drug-likeness (QED) is 0.765. The lowest BCUT2D eigenvalue weighted by atomic mass is 9.95. The molecule has 25 heavy (non-hydrogen) atoms. The van der Waals surface area contributed by atoms with Crippen molar-refractivity contribution in [3.05, 3.63) is 77.9 Å². The summed E-state index contributed by atoms with van der Waals surface area (Å²) in [6.45, 7) is 0. The number of aliphatic carboxylic acids is 1. The number of carboxylic acids is 1. The monoisotopic (exact) mass is 330 g/mol. The van der Waals surface area contributed by atoms with Crippen molar-refractivity contribution in [1.82, 2.24) is 4.57 Å². The summed E-state index contributed by atoms with van der Waals surface area (Å²) in [5.74, 6) is -0.872. The molecule has 4 heteroatoms. The topological polar surface area (TPSA) is 66.1 Å². The molecule has 4 rings (SSSR count). The summed E-state index contributed by atoms with van der Waals surface area (Å²) >= 11 is 0. The summed E-state index contributed by atoms with van der Waals surface area (Å²) in [6, 6.07) is 21.1. The second kappa shape index (κ2) is 6.06. The van der Waals surface area contributed by atoms with Crippen LogP contribution in [0.1, 0.15) is 18.2 Å². The maximum absolute atomic E-state index is 11.6. The fraction of sp³-hybridized carbons (Fsp3) is 0.143. The fourth-order valence-electron chi connectivity index (χ4n) is 3.64. The normalized spacial score (nSPS) is 15.8. The molecule has 0 aliphatic carbocycles. The Morgan fingerprint density at radius 2 is 1.60 bits per heavy atom. The Hall–Kier alpha value is -3.14. The van der Waals surface area contributed by atoms with Crippen LogP contribution in [0.25, 0.3) is 22.3 Å². The van der Waals surface area contributed by atoms with E-state index < -0.39 is 12.0 Å². The molecule has 1 aliphatic rings. The van der Waals surface area contributed by atoms with Crippen molar-refractivity contribution in [1.29, 1.82) is 5.41 Å². The molecular formula is C21H18N2O2. The molecule has 1 aromatic heterocycles.